The predicted octanol–water partition coefficient (Wildman–Crippen LogP) is 1.23. The third-order valence-corrected chi connectivity index (χ3v) is 3.16. The van der Waals surface area contributed by atoms with Gasteiger partial charge >= 0.3 is 12.1 Å². The molecule has 0 aromatic heterocycles. The minimum absolute atomic E-state index is 0.318. The van der Waals surface area contributed by atoms with Crippen molar-refractivity contribution in [3.8, 4) is 0 Å². The SMILES string of the molecule is CC(N)CN1CCNCC1.O=C(O)C(F)(F)F.O=COCc1ccccc1. The van der Waals surface area contributed by atoms with Crippen molar-refractivity contribution < 1.29 is 32.6 Å². The number of aliphatic carboxylic acids is 1. The van der Waals surface area contributed by atoms with Crippen LogP contribution in [0.15, 0.2) is 30.3 Å². The van der Waals surface area contributed by atoms with E-state index in [1.54, 1.807) is 0 Å². The van der Waals surface area contributed by atoms with E-state index in [4.69, 9.17) is 15.6 Å². The van der Waals surface area contributed by atoms with E-state index in [1.165, 1.54) is 0 Å². The number of piperazine rings is 1. The zero-order valence-electron chi connectivity index (χ0n) is 15.1. The van der Waals surface area contributed by atoms with Gasteiger partial charge in [0.15, 0.2) is 0 Å². The Morgan fingerprint density at radius 3 is 2.26 bits per heavy atom. The molecule has 1 aromatic rings. The van der Waals surface area contributed by atoms with E-state index in [0.29, 0.717) is 19.1 Å². The van der Waals surface area contributed by atoms with E-state index in [9.17, 15) is 18.0 Å². The Bertz CT molecular complexity index is 522. The highest BCUT2D eigenvalue weighted by Gasteiger charge is 2.38. The van der Waals surface area contributed by atoms with Crippen LogP contribution in [0.4, 0.5) is 13.2 Å². The lowest BCUT2D eigenvalue weighted by Gasteiger charge is -2.28. The summed E-state index contributed by atoms with van der Waals surface area (Å²) < 4.78 is 36.3. The van der Waals surface area contributed by atoms with Gasteiger partial charge in [-0.2, -0.15) is 13.2 Å². The Morgan fingerprint density at radius 2 is 1.85 bits per heavy atom. The van der Waals surface area contributed by atoms with Gasteiger partial charge in [-0.3, -0.25) is 9.69 Å². The number of nitrogens with zero attached hydrogens (tertiary/aromatic N) is 1. The monoisotopic (exact) mass is 393 g/mol. The smallest absolute Gasteiger partial charge is 0.475 e. The number of carboxylic acids is 1. The minimum Gasteiger partial charge on any atom is -0.475 e. The van der Waals surface area contributed by atoms with Crippen molar-refractivity contribution >= 4 is 12.4 Å². The van der Waals surface area contributed by atoms with E-state index < -0.39 is 12.1 Å². The fourth-order valence-corrected chi connectivity index (χ4v) is 2.01. The number of benzene rings is 1. The quantitative estimate of drug-likeness (QED) is 0.647. The zero-order chi connectivity index (χ0) is 20.7. The van der Waals surface area contributed by atoms with Gasteiger partial charge in [0.2, 0.25) is 0 Å². The summed E-state index contributed by atoms with van der Waals surface area (Å²) in [6.45, 7) is 8.46. The summed E-state index contributed by atoms with van der Waals surface area (Å²) in [5.74, 6) is -2.76. The van der Waals surface area contributed by atoms with Crippen molar-refractivity contribution in [2.45, 2.75) is 25.7 Å². The molecule has 1 heterocycles. The number of carbonyl (C=O) groups excluding carboxylic acids is 1. The maximum absolute atomic E-state index is 10.6. The lowest BCUT2D eigenvalue weighted by atomic mass is 10.2. The maximum atomic E-state index is 10.6. The molecule has 1 aliphatic rings. The van der Waals surface area contributed by atoms with Crippen LogP contribution < -0.4 is 11.1 Å². The van der Waals surface area contributed by atoms with Crippen LogP contribution in [-0.2, 0) is 20.9 Å². The zero-order valence-corrected chi connectivity index (χ0v) is 15.1. The fraction of sp³-hybridized carbons (Fsp3) is 0.529. The van der Waals surface area contributed by atoms with Crippen molar-refractivity contribution in [1.82, 2.24) is 10.2 Å². The maximum Gasteiger partial charge on any atom is 0.490 e. The van der Waals surface area contributed by atoms with Gasteiger partial charge in [0.25, 0.3) is 6.47 Å². The Kier molecular flexibility index (Phi) is 12.8. The number of carbonyl (C=O) groups is 2. The van der Waals surface area contributed by atoms with E-state index in [-0.39, 0.29) is 0 Å². The Labute approximate surface area is 156 Å². The first-order valence-corrected chi connectivity index (χ1v) is 8.24. The van der Waals surface area contributed by atoms with Gasteiger partial charge in [0.05, 0.1) is 0 Å². The molecule has 0 amide bonds. The highest BCUT2D eigenvalue weighted by molar-refractivity contribution is 5.73. The van der Waals surface area contributed by atoms with Crippen molar-refractivity contribution in [3.63, 3.8) is 0 Å². The molecule has 0 aliphatic carbocycles. The van der Waals surface area contributed by atoms with Crippen molar-refractivity contribution in [2.75, 3.05) is 32.7 Å². The topological polar surface area (TPSA) is 105 Å². The molecule has 10 heteroatoms. The van der Waals surface area contributed by atoms with E-state index in [0.717, 1.165) is 38.3 Å². The number of hydrogen-bond donors (Lipinski definition) is 3. The molecular weight excluding hydrogens is 367 g/mol. The summed E-state index contributed by atoms with van der Waals surface area (Å²) in [6, 6.07) is 9.86. The summed E-state index contributed by atoms with van der Waals surface area (Å²) in [5.41, 5.74) is 6.67. The number of halogens is 3. The van der Waals surface area contributed by atoms with Gasteiger partial charge in [-0.25, -0.2) is 4.79 Å². The van der Waals surface area contributed by atoms with Gasteiger partial charge in [0.1, 0.15) is 6.61 Å². The third kappa shape index (κ3) is 14.7. The van der Waals surface area contributed by atoms with Crippen LogP contribution in [0, 0.1) is 0 Å². The molecule has 1 atom stereocenters. The van der Waals surface area contributed by atoms with Crippen LogP contribution in [0.25, 0.3) is 0 Å². The number of ether oxygens (including phenoxy) is 1. The summed E-state index contributed by atoms with van der Waals surface area (Å²) >= 11 is 0. The van der Waals surface area contributed by atoms with Crippen LogP contribution >= 0.6 is 0 Å². The van der Waals surface area contributed by atoms with Gasteiger partial charge < -0.3 is 20.9 Å². The summed E-state index contributed by atoms with van der Waals surface area (Å²) in [4.78, 5) is 21.1. The molecule has 0 radical (unpaired) electrons. The number of rotatable bonds is 5. The van der Waals surface area contributed by atoms with Gasteiger partial charge in [0, 0.05) is 38.8 Å². The lowest BCUT2D eigenvalue weighted by molar-refractivity contribution is -0.192. The second-order valence-corrected chi connectivity index (χ2v) is 5.72. The van der Waals surface area contributed by atoms with E-state index in [2.05, 4.69) is 21.9 Å². The largest absolute Gasteiger partial charge is 0.490 e. The molecule has 1 saturated heterocycles. The van der Waals surface area contributed by atoms with Gasteiger partial charge in [-0.15, -0.1) is 0 Å². The van der Waals surface area contributed by atoms with Crippen molar-refractivity contribution in [2.24, 2.45) is 5.73 Å². The third-order valence-electron chi connectivity index (χ3n) is 3.16. The number of nitrogens with one attached hydrogen (secondary N) is 1. The Morgan fingerprint density at radius 1 is 1.33 bits per heavy atom. The van der Waals surface area contributed by atoms with Crippen molar-refractivity contribution in [3.05, 3.63) is 35.9 Å². The van der Waals surface area contributed by atoms with Crippen molar-refractivity contribution in [1.29, 1.82) is 0 Å². The standard InChI is InChI=1S/C8H8O2.C7H17N3.C2HF3O2/c9-7-10-6-8-4-2-1-3-5-8;1-7(8)6-10-4-2-9-3-5-10;3-2(4,5)1(6)7/h1-5,7H,6H2;7,9H,2-6,8H2,1H3;(H,6,7). The Balaban J connectivity index is 0.000000384. The number of nitrogens with two attached hydrogens (primary N) is 1. The van der Waals surface area contributed by atoms with Crippen LogP contribution in [0.1, 0.15) is 12.5 Å². The number of carboxylic acid groups (broad SMARTS) is 1. The first kappa shape index (κ1) is 24.8. The van der Waals surface area contributed by atoms with Crippen LogP contribution in [0.2, 0.25) is 0 Å². The molecule has 2 rings (SSSR count). The molecule has 0 bridgehead atoms. The molecule has 7 nitrogen and oxygen atoms in total. The molecule has 1 unspecified atom stereocenters. The summed E-state index contributed by atoms with van der Waals surface area (Å²) in [5, 5.41) is 10.4. The van der Waals surface area contributed by atoms with E-state index in [1.807, 2.05) is 30.3 Å². The molecule has 0 spiro atoms. The van der Waals surface area contributed by atoms with Gasteiger partial charge in [-0.1, -0.05) is 30.3 Å². The Hall–Kier alpha value is -2.17. The number of alkyl halides is 3. The minimum atomic E-state index is -5.08. The highest BCUT2D eigenvalue weighted by atomic mass is 19.4. The second kappa shape index (κ2) is 14.0. The average Bonchev–Trinajstić information content (AvgIpc) is 2.61. The molecular formula is C17H26F3N3O4. The molecule has 0 saturated carbocycles. The highest BCUT2D eigenvalue weighted by Crippen LogP contribution is 2.13. The lowest BCUT2D eigenvalue weighted by Crippen LogP contribution is -2.47. The fourth-order valence-electron chi connectivity index (χ4n) is 2.01. The first-order valence-electron chi connectivity index (χ1n) is 8.24. The molecule has 27 heavy (non-hydrogen) atoms. The molecule has 1 aliphatic heterocycles. The molecule has 1 fully saturated rings. The first-order chi connectivity index (χ1) is 12.7. The number of hydrogen-bond acceptors (Lipinski definition) is 6. The van der Waals surface area contributed by atoms with Crippen LogP contribution in [-0.4, -0.2) is 67.4 Å². The predicted molar refractivity (Wildman–Crippen MR) is 93.9 cm³/mol. The second-order valence-electron chi connectivity index (χ2n) is 5.72. The normalized spacial score (nSPS) is 15.3. The van der Waals surface area contributed by atoms with Crippen LogP contribution in [0.3, 0.4) is 0 Å². The molecule has 4 N–H and O–H groups in total. The molecule has 154 valence electrons. The van der Waals surface area contributed by atoms with E-state index >= 15 is 0 Å². The van der Waals surface area contributed by atoms with Crippen LogP contribution in [0.5, 0.6) is 0 Å². The van der Waals surface area contributed by atoms with Gasteiger partial charge in [-0.05, 0) is 12.5 Å². The summed E-state index contributed by atoms with van der Waals surface area (Å²) in [6.07, 6.45) is -5.08. The summed E-state index contributed by atoms with van der Waals surface area (Å²) in [7, 11) is 0. The molecule has 1 aromatic carbocycles. The average molecular weight is 393 g/mol.